The summed E-state index contributed by atoms with van der Waals surface area (Å²) in [6.07, 6.45) is 4.68. The van der Waals surface area contributed by atoms with E-state index < -0.39 is 0 Å². The molecule has 0 amide bonds. The van der Waals surface area contributed by atoms with Crippen molar-refractivity contribution in [2.45, 2.75) is 0 Å². The molecule has 13 heavy (non-hydrogen) atoms. The molecule has 2 heterocycles. The number of aromatic nitrogens is 4. The summed E-state index contributed by atoms with van der Waals surface area (Å²) in [6, 6.07) is 3.57. The van der Waals surface area contributed by atoms with E-state index in [9.17, 15) is 0 Å². The van der Waals surface area contributed by atoms with E-state index in [1.54, 1.807) is 18.3 Å². The van der Waals surface area contributed by atoms with Gasteiger partial charge in [0.15, 0.2) is 5.82 Å². The van der Waals surface area contributed by atoms with Crippen LogP contribution in [0.1, 0.15) is 0 Å². The summed E-state index contributed by atoms with van der Waals surface area (Å²) in [5.74, 6) is 0.530. The smallest absolute Gasteiger partial charge is 0.180 e. The average molecular weight is 173 g/mol. The molecule has 2 aromatic rings. The number of nitrogens with zero attached hydrogens (tertiary/aromatic N) is 4. The Bertz CT molecular complexity index is 383. The van der Waals surface area contributed by atoms with Crippen molar-refractivity contribution in [3.8, 4) is 11.5 Å². The number of hydrogen-bond acceptors (Lipinski definition) is 5. The fourth-order valence-corrected chi connectivity index (χ4v) is 0.891. The van der Waals surface area contributed by atoms with E-state index in [4.69, 9.17) is 5.73 Å². The van der Waals surface area contributed by atoms with Crippen molar-refractivity contribution in [2.24, 2.45) is 0 Å². The molecule has 0 aromatic carbocycles. The standard InChI is InChI=1S/C8H7N5/c9-6-4-10-8(11-5-6)7-2-1-3-12-13-7/h1-5H,9H2. The molecule has 0 bridgehead atoms. The molecule has 2 N–H and O–H groups in total. The van der Waals surface area contributed by atoms with Gasteiger partial charge in [0, 0.05) is 6.20 Å². The first kappa shape index (κ1) is 7.60. The Morgan fingerprint density at radius 2 is 1.92 bits per heavy atom. The molecule has 0 aliphatic carbocycles. The van der Waals surface area contributed by atoms with Crippen molar-refractivity contribution in [1.82, 2.24) is 20.2 Å². The van der Waals surface area contributed by atoms with E-state index in [2.05, 4.69) is 20.2 Å². The van der Waals surface area contributed by atoms with Crippen LogP contribution < -0.4 is 5.73 Å². The third kappa shape index (κ3) is 1.58. The van der Waals surface area contributed by atoms with Crippen molar-refractivity contribution in [3.63, 3.8) is 0 Å². The lowest BCUT2D eigenvalue weighted by Crippen LogP contribution is -1.94. The summed E-state index contributed by atoms with van der Waals surface area (Å²) < 4.78 is 0. The van der Waals surface area contributed by atoms with Crippen molar-refractivity contribution in [1.29, 1.82) is 0 Å². The monoisotopic (exact) mass is 173 g/mol. The third-order valence-electron chi connectivity index (χ3n) is 1.47. The van der Waals surface area contributed by atoms with Crippen LogP contribution in [-0.4, -0.2) is 20.2 Å². The molecule has 5 nitrogen and oxygen atoms in total. The van der Waals surface area contributed by atoms with Crippen LogP contribution in [0.25, 0.3) is 11.5 Å². The molecule has 2 aromatic heterocycles. The molecular weight excluding hydrogens is 166 g/mol. The Morgan fingerprint density at radius 1 is 1.15 bits per heavy atom. The van der Waals surface area contributed by atoms with Gasteiger partial charge in [-0.2, -0.15) is 5.10 Å². The maximum absolute atomic E-state index is 5.44. The first-order chi connectivity index (χ1) is 6.36. The molecule has 0 saturated heterocycles. The molecule has 0 atom stereocenters. The minimum atomic E-state index is 0.530. The van der Waals surface area contributed by atoms with E-state index in [1.165, 1.54) is 12.4 Å². The second-order valence-corrected chi connectivity index (χ2v) is 2.45. The number of rotatable bonds is 1. The van der Waals surface area contributed by atoms with Crippen LogP contribution in [0.5, 0.6) is 0 Å². The summed E-state index contributed by atoms with van der Waals surface area (Å²) in [5.41, 5.74) is 6.62. The Labute approximate surface area is 74.7 Å². The first-order valence-corrected chi connectivity index (χ1v) is 3.72. The third-order valence-corrected chi connectivity index (χ3v) is 1.47. The Balaban J connectivity index is 2.42. The van der Waals surface area contributed by atoms with Gasteiger partial charge in [-0.05, 0) is 12.1 Å². The van der Waals surface area contributed by atoms with E-state index in [-0.39, 0.29) is 0 Å². The largest absolute Gasteiger partial charge is 0.396 e. The lowest BCUT2D eigenvalue weighted by Gasteiger charge is -1.96. The zero-order chi connectivity index (χ0) is 9.10. The number of nitrogens with two attached hydrogens (primary N) is 1. The highest BCUT2D eigenvalue weighted by molar-refractivity contribution is 5.48. The summed E-state index contributed by atoms with van der Waals surface area (Å²) in [5, 5.41) is 7.59. The lowest BCUT2D eigenvalue weighted by atomic mass is 10.3. The normalized spacial score (nSPS) is 9.85. The average Bonchev–Trinajstić information content (AvgIpc) is 2.20. The van der Waals surface area contributed by atoms with Gasteiger partial charge in [0.25, 0.3) is 0 Å². The molecular formula is C8H7N5. The van der Waals surface area contributed by atoms with Crippen molar-refractivity contribution in [3.05, 3.63) is 30.7 Å². The minimum Gasteiger partial charge on any atom is -0.396 e. The number of hydrogen-bond donors (Lipinski definition) is 1. The van der Waals surface area contributed by atoms with Crippen LogP contribution in [0.15, 0.2) is 30.7 Å². The van der Waals surface area contributed by atoms with Gasteiger partial charge in [-0.1, -0.05) is 0 Å². The zero-order valence-electron chi connectivity index (χ0n) is 6.75. The van der Waals surface area contributed by atoms with Gasteiger partial charge < -0.3 is 5.73 Å². The molecule has 0 fully saturated rings. The highest BCUT2D eigenvalue weighted by atomic mass is 15.1. The van der Waals surface area contributed by atoms with Crippen LogP contribution in [0.2, 0.25) is 0 Å². The fraction of sp³-hybridized carbons (Fsp3) is 0. The maximum Gasteiger partial charge on any atom is 0.180 e. The summed E-state index contributed by atoms with van der Waals surface area (Å²) in [7, 11) is 0. The molecule has 0 aliphatic heterocycles. The van der Waals surface area contributed by atoms with E-state index >= 15 is 0 Å². The van der Waals surface area contributed by atoms with Crippen LogP contribution in [-0.2, 0) is 0 Å². The molecule has 5 heteroatoms. The lowest BCUT2D eigenvalue weighted by molar-refractivity contribution is 1.01. The van der Waals surface area contributed by atoms with Crippen LogP contribution in [0.3, 0.4) is 0 Å². The topological polar surface area (TPSA) is 77.6 Å². The van der Waals surface area contributed by atoms with Gasteiger partial charge in [-0.25, -0.2) is 9.97 Å². The fourth-order valence-electron chi connectivity index (χ4n) is 0.891. The quantitative estimate of drug-likeness (QED) is 0.680. The zero-order valence-corrected chi connectivity index (χ0v) is 6.75. The van der Waals surface area contributed by atoms with Crippen LogP contribution in [0.4, 0.5) is 5.69 Å². The Hall–Kier alpha value is -2.04. The van der Waals surface area contributed by atoms with E-state index in [0.717, 1.165) is 0 Å². The second-order valence-electron chi connectivity index (χ2n) is 2.45. The van der Waals surface area contributed by atoms with Gasteiger partial charge in [0.1, 0.15) is 5.69 Å². The highest BCUT2D eigenvalue weighted by Crippen LogP contribution is 2.09. The number of anilines is 1. The van der Waals surface area contributed by atoms with Gasteiger partial charge >= 0.3 is 0 Å². The predicted molar refractivity (Wildman–Crippen MR) is 47.5 cm³/mol. The molecule has 0 unspecified atom stereocenters. The summed E-state index contributed by atoms with van der Waals surface area (Å²) in [6.45, 7) is 0. The maximum atomic E-state index is 5.44. The van der Waals surface area contributed by atoms with Crippen LogP contribution in [0, 0.1) is 0 Å². The Morgan fingerprint density at radius 3 is 2.54 bits per heavy atom. The first-order valence-electron chi connectivity index (χ1n) is 3.72. The van der Waals surface area contributed by atoms with E-state index in [1.807, 2.05) is 0 Å². The summed E-state index contributed by atoms with van der Waals surface area (Å²) >= 11 is 0. The van der Waals surface area contributed by atoms with Crippen molar-refractivity contribution < 1.29 is 0 Å². The predicted octanol–water partition coefficient (Wildman–Crippen LogP) is 0.516. The molecule has 2 rings (SSSR count). The molecule has 0 spiro atoms. The minimum absolute atomic E-state index is 0.530. The van der Waals surface area contributed by atoms with Crippen molar-refractivity contribution in [2.75, 3.05) is 5.73 Å². The second kappa shape index (κ2) is 3.14. The molecule has 0 radical (unpaired) electrons. The van der Waals surface area contributed by atoms with Gasteiger partial charge in [0.2, 0.25) is 0 Å². The highest BCUT2D eigenvalue weighted by Gasteiger charge is 2.00. The van der Waals surface area contributed by atoms with Gasteiger partial charge in [-0.3, -0.25) is 0 Å². The number of nitrogen functional groups attached to an aromatic ring is 1. The van der Waals surface area contributed by atoms with Gasteiger partial charge in [0.05, 0.1) is 18.1 Å². The van der Waals surface area contributed by atoms with E-state index in [0.29, 0.717) is 17.2 Å². The Kier molecular flexibility index (Phi) is 1.84. The SMILES string of the molecule is Nc1cnc(-c2cccnn2)nc1. The molecule has 0 saturated carbocycles. The molecule has 64 valence electrons. The molecule has 0 aliphatic rings. The van der Waals surface area contributed by atoms with Crippen molar-refractivity contribution >= 4 is 5.69 Å². The summed E-state index contributed by atoms with van der Waals surface area (Å²) in [4.78, 5) is 8.02. The van der Waals surface area contributed by atoms with Crippen LogP contribution >= 0.6 is 0 Å². The van der Waals surface area contributed by atoms with Gasteiger partial charge in [-0.15, -0.1) is 5.10 Å².